The van der Waals surface area contributed by atoms with Crippen molar-refractivity contribution in [3.8, 4) is 0 Å². The second-order valence-corrected chi connectivity index (χ2v) is 7.64. The highest BCUT2D eigenvalue weighted by Gasteiger charge is 2.58. The monoisotopic (exact) mass is 266 g/mol. The Morgan fingerprint density at radius 1 is 1.28 bits per heavy atom. The predicted octanol–water partition coefficient (Wildman–Crippen LogP) is 3.77. The van der Waals surface area contributed by atoms with E-state index >= 15 is 0 Å². The molecular formula is C14H19ClN2O. The second kappa shape index (κ2) is 3.24. The summed E-state index contributed by atoms with van der Waals surface area (Å²) in [7, 11) is 0. The summed E-state index contributed by atoms with van der Waals surface area (Å²) in [6.07, 6.45) is 7.79. The molecule has 3 nitrogen and oxygen atoms in total. The number of aromatic nitrogens is 1. The summed E-state index contributed by atoms with van der Waals surface area (Å²) in [5, 5.41) is 4.44. The van der Waals surface area contributed by atoms with Crippen molar-refractivity contribution in [2.24, 2.45) is 17.3 Å². The van der Waals surface area contributed by atoms with Crippen molar-refractivity contribution in [1.82, 2.24) is 5.16 Å². The summed E-state index contributed by atoms with van der Waals surface area (Å²) in [5.74, 6) is 2.92. The Labute approximate surface area is 112 Å². The van der Waals surface area contributed by atoms with Gasteiger partial charge in [0.05, 0.1) is 0 Å². The zero-order chi connectivity index (χ0) is 12.5. The smallest absolute Gasteiger partial charge is 0.186 e. The molecule has 4 aliphatic rings. The number of anilines is 1. The summed E-state index contributed by atoms with van der Waals surface area (Å²) in [6.45, 7) is 2.44. The van der Waals surface area contributed by atoms with Gasteiger partial charge in [-0.15, -0.1) is 0 Å². The van der Waals surface area contributed by atoms with Crippen LogP contribution in [0.5, 0.6) is 0 Å². The minimum atomic E-state index is 0.126. The number of halogens is 1. The van der Waals surface area contributed by atoms with Gasteiger partial charge in [0.15, 0.2) is 11.6 Å². The fourth-order valence-electron chi connectivity index (χ4n) is 5.61. The normalized spacial score (nSPS) is 45.7. The average molecular weight is 267 g/mol. The average Bonchev–Trinajstić information content (AvgIpc) is 2.56. The first-order chi connectivity index (χ1) is 8.50. The zero-order valence-electron chi connectivity index (χ0n) is 10.7. The van der Waals surface area contributed by atoms with E-state index in [9.17, 15) is 0 Å². The van der Waals surface area contributed by atoms with Crippen molar-refractivity contribution in [2.75, 3.05) is 5.73 Å². The van der Waals surface area contributed by atoms with Crippen LogP contribution in [-0.4, -0.2) is 5.16 Å². The first kappa shape index (κ1) is 11.2. The maximum Gasteiger partial charge on any atom is 0.186 e. The highest BCUT2D eigenvalue weighted by atomic mass is 35.5. The van der Waals surface area contributed by atoms with Crippen molar-refractivity contribution in [3.63, 3.8) is 0 Å². The van der Waals surface area contributed by atoms with Crippen molar-refractivity contribution >= 4 is 17.4 Å². The Bertz CT molecular complexity index is 496. The van der Waals surface area contributed by atoms with E-state index in [2.05, 4.69) is 12.1 Å². The number of hydrogen-bond donors (Lipinski definition) is 1. The lowest BCUT2D eigenvalue weighted by Crippen LogP contribution is -2.52. The highest BCUT2D eigenvalue weighted by Crippen LogP contribution is 2.66. The molecule has 0 radical (unpaired) electrons. The number of nitrogens with two attached hydrogens (primary N) is 1. The maximum absolute atomic E-state index is 6.31. The van der Waals surface area contributed by atoms with Gasteiger partial charge in [-0.05, 0) is 55.8 Å². The van der Waals surface area contributed by atoms with E-state index < -0.39 is 0 Å². The molecule has 0 amide bonds. The van der Waals surface area contributed by atoms with E-state index in [1.165, 1.54) is 38.5 Å². The molecule has 0 aromatic carbocycles. The third kappa shape index (κ3) is 1.34. The van der Waals surface area contributed by atoms with Crippen LogP contribution in [0.3, 0.4) is 0 Å². The number of nitrogen functional groups attached to an aromatic ring is 1. The molecule has 5 rings (SSSR count). The van der Waals surface area contributed by atoms with E-state index in [-0.39, 0.29) is 5.41 Å². The van der Waals surface area contributed by atoms with Gasteiger partial charge in [0.25, 0.3) is 0 Å². The Morgan fingerprint density at radius 3 is 2.44 bits per heavy atom. The standard InChI is InChI=1S/C14H19ClN2O/c1-13-3-8-2-9(4-13)6-14(5-8,7-13)11-10(15)12(16)17-18-11/h8-9H,2-7H2,1H3,(H2,16,17). The molecule has 4 bridgehead atoms. The maximum atomic E-state index is 6.31. The van der Waals surface area contributed by atoms with Crippen LogP contribution in [0.4, 0.5) is 5.82 Å². The molecule has 18 heavy (non-hydrogen) atoms. The van der Waals surface area contributed by atoms with Crippen LogP contribution in [0.25, 0.3) is 0 Å². The molecule has 0 aliphatic heterocycles. The van der Waals surface area contributed by atoms with E-state index in [0.29, 0.717) is 16.3 Å². The Kier molecular flexibility index (Phi) is 2.01. The molecule has 4 heteroatoms. The minimum Gasteiger partial charge on any atom is -0.380 e. The first-order valence-corrected chi connectivity index (χ1v) is 7.29. The number of nitrogens with zero attached hydrogens (tertiary/aromatic N) is 1. The van der Waals surface area contributed by atoms with Gasteiger partial charge < -0.3 is 10.3 Å². The van der Waals surface area contributed by atoms with Gasteiger partial charge in [-0.3, -0.25) is 0 Å². The third-order valence-electron chi connectivity index (χ3n) is 5.49. The molecule has 4 saturated carbocycles. The summed E-state index contributed by atoms with van der Waals surface area (Å²) in [4.78, 5) is 0. The van der Waals surface area contributed by atoms with Gasteiger partial charge in [0, 0.05) is 5.41 Å². The summed E-state index contributed by atoms with van der Waals surface area (Å²) < 4.78 is 5.52. The Hall–Kier alpha value is -0.700. The van der Waals surface area contributed by atoms with Crippen LogP contribution >= 0.6 is 11.6 Å². The molecule has 1 heterocycles. The summed E-state index contributed by atoms with van der Waals surface area (Å²) in [6, 6.07) is 0. The topological polar surface area (TPSA) is 52.0 Å². The Morgan fingerprint density at radius 2 is 1.94 bits per heavy atom. The van der Waals surface area contributed by atoms with E-state index in [1.807, 2.05) is 0 Å². The molecular weight excluding hydrogens is 248 g/mol. The van der Waals surface area contributed by atoms with Crippen LogP contribution in [0.1, 0.15) is 51.2 Å². The zero-order valence-corrected chi connectivity index (χ0v) is 11.5. The van der Waals surface area contributed by atoms with Crippen LogP contribution < -0.4 is 5.73 Å². The van der Waals surface area contributed by atoms with Crippen LogP contribution in [0.2, 0.25) is 5.02 Å². The lowest BCUT2D eigenvalue weighted by molar-refractivity contribution is -0.0704. The third-order valence-corrected chi connectivity index (χ3v) is 5.86. The molecule has 2 atom stereocenters. The van der Waals surface area contributed by atoms with E-state index in [4.69, 9.17) is 21.9 Å². The number of rotatable bonds is 1. The molecule has 0 saturated heterocycles. The largest absolute Gasteiger partial charge is 0.380 e. The van der Waals surface area contributed by atoms with Gasteiger partial charge in [-0.1, -0.05) is 23.7 Å². The van der Waals surface area contributed by atoms with Crippen molar-refractivity contribution < 1.29 is 4.52 Å². The quantitative estimate of drug-likeness (QED) is 0.842. The van der Waals surface area contributed by atoms with Crippen LogP contribution in [-0.2, 0) is 5.41 Å². The fourth-order valence-corrected chi connectivity index (χ4v) is 5.88. The molecule has 98 valence electrons. The molecule has 4 fully saturated rings. The van der Waals surface area contributed by atoms with Crippen molar-refractivity contribution in [2.45, 2.75) is 50.9 Å². The van der Waals surface area contributed by atoms with E-state index in [0.717, 1.165) is 17.6 Å². The van der Waals surface area contributed by atoms with Crippen LogP contribution in [0.15, 0.2) is 4.52 Å². The van der Waals surface area contributed by atoms with Gasteiger partial charge in [-0.2, -0.15) is 0 Å². The van der Waals surface area contributed by atoms with Gasteiger partial charge in [-0.25, -0.2) is 0 Å². The summed E-state index contributed by atoms with van der Waals surface area (Å²) in [5.41, 5.74) is 6.36. The van der Waals surface area contributed by atoms with Gasteiger partial charge in [0.2, 0.25) is 0 Å². The fraction of sp³-hybridized carbons (Fsp3) is 0.786. The van der Waals surface area contributed by atoms with Crippen molar-refractivity contribution in [1.29, 1.82) is 0 Å². The first-order valence-electron chi connectivity index (χ1n) is 6.91. The van der Waals surface area contributed by atoms with E-state index in [1.54, 1.807) is 0 Å². The lowest BCUT2D eigenvalue weighted by atomic mass is 9.44. The molecule has 0 spiro atoms. The molecule has 1 aromatic rings. The molecule has 2 unspecified atom stereocenters. The van der Waals surface area contributed by atoms with Crippen molar-refractivity contribution in [3.05, 3.63) is 10.8 Å². The molecule has 4 aliphatic carbocycles. The minimum absolute atomic E-state index is 0.126. The second-order valence-electron chi connectivity index (χ2n) is 7.26. The predicted molar refractivity (Wildman–Crippen MR) is 70.4 cm³/mol. The van der Waals surface area contributed by atoms with Gasteiger partial charge >= 0.3 is 0 Å². The Balaban J connectivity index is 1.82. The van der Waals surface area contributed by atoms with Gasteiger partial charge in [0.1, 0.15) is 5.02 Å². The van der Waals surface area contributed by atoms with Crippen LogP contribution in [0, 0.1) is 17.3 Å². The molecule has 2 N–H and O–H groups in total. The number of hydrogen-bond acceptors (Lipinski definition) is 3. The SMILES string of the molecule is CC12CC3CC(C1)CC(c1onc(N)c1Cl)(C3)C2. The molecule has 1 aromatic heterocycles. The highest BCUT2D eigenvalue weighted by molar-refractivity contribution is 6.33. The lowest BCUT2D eigenvalue weighted by Gasteiger charge is -2.60. The summed E-state index contributed by atoms with van der Waals surface area (Å²) >= 11 is 6.31.